The van der Waals surface area contributed by atoms with E-state index in [1.54, 1.807) is 20.3 Å². The van der Waals surface area contributed by atoms with Gasteiger partial charge in [-0.25, -0.2) is 0 Å². The molecule has 1 amide bonds. The summed E-state index contributed by atoms with van der Waals surface area (Å²) in [7, 11) is 3.09. The monoisotopic (exact) mass is 367 g/mol. The van der Waals surface area contributed by atoms with Gasteiger partial charge in [0.1, 0.15) is 0 Å². The Balaban J connectivity index is 1.84. The molecule has 2 aromatic carbocycles. The molecular formula is C19H20F3NO3. The summed E-state index contributed by atoms with van der Waals surface area (Å²) in [5.74, 6) is 1.03. The van der Waals surface area contributed by atoms with E-state index in [0.717, 1.165) is 17.7 Å². The number of rotatable bonds is 7. The van der Waals surface area contributed by atoms with Crippen LogP contribution in [0.1, 0.15) is 23.1 Å². The van der Waals surface area contributed by atoms with Gasteiger partial charge in [-0.1, -0.05) is 18.2 Å². The molecule has 4 nitrogen and oxygen atoms in total. The van der Waals surface area contributed by atoms with Gasteiger partial charge in [0.2, 0.25) is 5.91 Å². The second-order valence-electron chi connectivity index (χ2n) is 5.66. The van der Waals surface area contributed by atoms with Crippen molar-refractivity contribution in [2.75, 3.05) is 14.2 Å². The fraction of sp³-hybridized carbons (Fsp3) is 0.316. The summed E-state index contributed by atoms with van der Waals surface area (Å²) in [4.78, 5) is 11.9. The average molecular weight is 367 g/mol. The third kappa shape index (κ3) is 5.40. The largest absolute Gasteiger partial charge is 0.493 e. The quantitative estimate of drug-likeness (QED) is 0.806. The Morgan fingerprint density at radius 1 is 0.962 bits per heavy atom. The zero-order valence-corrected chi connectivity index (χ0v) is 14.5. The lowest BCUT2D eigenvalue weighted by Gasteiger charge is -2.10. The number of nitrogens with one attached hydrogen (secondary N) is 1. The number of ether oxygens (including phenoxy) is 2. The summed E-state index contributed by atoms with van der Waals surface area (Å²) in [5, 5.41) is 2.70. The Hall–Kier alpha value is -2.70. The van der Waals surface area contributed by atoms with Gasteiger partial charge in [0.15, 0.2) is 11.5 Å². The first-order valence-corrected chi connectivity index (χ1v) is 7.97. The Kier molecular flexibility index (Phi) is 6.49. The molecule has 140 valence electrons. The molecule has 0 bridgehead atoms. The van der Waals surface area contributed by atoms with Crippen molar-refractivity contribution in [3.8, 4) is 11.5 Å². The van der Waals surface area contributed by atoms with E-state index in [1.807, 2.05) is 12.1 Å². The highest BCUT2D eigenvalue weighted by molar-refractivity contribution is 5.76. The fourth-order valence-corrected chi connectivity index (χ4v) is 2.39. The van der Waals surface area contributed by atoms with Crippen molar-refractivity contribution in [1.29, 1.82) is 0 Å². The number of amides is 1. The van der Waals surface area contributed by atoms with E-state index < -0.39 is 11.7 Å². The molecule has 0 radical (unpaired) electrons. The van der Waals surface area contributed by atoms with E-state index in [4.69, 9.17) is 9.47 Å². The predicted octanol–water partition coefficient (Wildman–Crippen LogP) is 3.97. The highest BCUT2D eigenvalue weighted by atomic mass is 19.4. The van der Waals surface area contributed by atoms with E-state index >= 15 is 0 Å². The van der Waals surface area contributed by atoms with Gasteiger partial charge in [-0.3, -0.25) is 4.79 Å². The molecule has 0 aromatic heterocycles. The number of hydrogen-bond donors (Lipinski definition) is 1. The first-order chi connectivity index (χ1) is 12.3. The minimum absolute atomic E-state index is 0.181. The van der Waals surface area contributed by atoms with E-state index in [9.17, 15) is 18.0 Å². The Morgan fingerprint density at radius 3 is 2.15 bits per heavy atom. The van der Waals surface area contributed by atoms with Crippen LogP contribution in [0.25, 0.3) is 0 Å². The van der Waals surface area contributed by atoms with Crippen LogP contribution >= 0.6 is 0 Å². The number of carbonyl (C=O) groups excluding carboxylic acids is 1. The summed E-state index contributed by atoms with van der Waals surface area (Å²) in [5.41, 5.74) is 0.825. The van der Waals surface area contributed by atoms with Gasteiger partial charge < -0.3 is 14.8 Å². The summed E-state index contributed by atoms with van der Waals surface area (Å²) < 4.78 is 47.9. The van der Waals surface area contributed by atoms with E-state index in [-0.39, 0.29) is 18.9 Å². The number of benzene rings is 2. The van der Waals surface area contributed by atoms with Crippen molar-refractivity contribution in [3.63, 3.8) is 0 Å². The molecule has 0 aliphatic rings. The minimum Gasteiger partial charge on any atom is -0.493 e. The number of alkyl halides is 3. The van der Waals surface area contributed by atoms with Crippen LogP contribution in [0, 0.1) is 0 Å². The van der Waals surface area contributed by atoms with Gasteiger partial charge in [0.25, 0.3) is 0 Å². The molecule has 2 rings (SSSR count). The van der Waals surface area contributed by atoms with Crippen molar-refractivity contribution in [2.45, 2.75) is 25.6 Å². The SMILES string of the molecule is COc1ccc(CCC(=O)NCc2ccc(C(F)(F)F)cc2)cc1OC. The molecule has 7 heteroatoms. The van der Waals surface area contributed by atoms with Crippen LogP contribution in [0.2, 0.25) is 0 Å². The molecular weight excluding hydrogens is 347 g/mol. The maximum atomic E-state index is 12.5. The van der Waals surface area contributed by atoms with Crippen LogP contribution in [-0.2, 0) is 23.9 Å². The number of carbonyl (C=O) groups is 1. The van der Waals surface area contributed by atoms with E-state index in [2.05, 4.69) is 5.32 Å². The van der Waals surface area contributed by atoms with Crippen LogP contribution in [0.15, 0.2) is 42.5 Å². The molecule has 0 spiro atoms. The molecule has 1 N–H and O–H groups in total. The lowest BCUT2D eigenvalue weighted by Crippen LogP contribution is -2.23. The van der Waals surface area contributed by atoms with Crippen LogP contribution in [0.4, 0.5) is 13.2 Å². The fourth-order valence-electron chi connectivity index (χ4n) is 2.39. The standard InChI is InChI=1S/C19H20F3NO3/c1-25-16-9-5-13(11-17(16)26-2)6-10-18(24)23-12-14-3-7-15(8-4-14)19(20,21)22/h3-5,7-9,11H,6,10,12H2,1-2H3,(H,23,24). The summed E-state index contributed by atoms with van der Waals surface area (Å²) in [6, 6.07) is 10.2. The van der Waals surface area contributed by atoms with Crippen molar-refractivity contribution < 1.29 is 27.4 Å². The third-order valence-corrected chi connectivity index (χ3v) is 3.86. The van der Waals surface area contributed by atoms with Gasteiger partial charge in [0.05, 0.1) is 19.8 Å². The smallest absolute Gasteiger partial charge is 0.416 e. The minimum atomic E-state index is -4.36. The molecule has 2 aromatic rings. The molecule has 0 heterocycles. The molecule has 0 fully saturated rings. The lowest BCUT2D eigenvalue weighted by molar-refractivity contribution is -0.137. The van der Waals surface area contributed by atoms with Crippen molar-refractivity contribution in [1.82, 2.24) is 5.32 Å². The predicted molar refractivity (Wildman–Crippen MR) is 91.2 cm³/mol. The van der Waals surface area contributed by atoms with E-state index in [1.165, 1.54) is 12.1 Å². The van der Waals surface area contributed by atoms with Gasteiger partial charge >= 0.3 is 6.18 Å². The van der Waals surface area contributed by atoms with Crippen molar-refractivity contribution in [3.05, 3.63) is 59.2 Å². The maximum Gasteiger partial charge on any atom is 0.416 e. The highest BCUT2D eigenvalue weighted by Gasteiger charge is 2.29. The molecule has 0 unspecified atom stereocenters. The molecule has 0 aliphatic carbocycles. The molecule has 0 aliphatic heterocycles. The van der Waals surface area contributed by atoms with Crippen LogP contribution in [0.5, 0.6) is 11.5 Å². The van der Waals surface area contributed by atoms with Crippen molar-refractivity contribution >= 4 is 5.91 Å². The molecule has 0 atom stereocenters. The number of halogens is 3. The second-order valence-corrected chi connectivity index (χ2v) is 5.66. The first kappa shape index (κ1) is 19.6. The van der Waals surface area contributed by atoms with Crippen molar-refractivity contribution in [2.24, 2.45) is 0 Å². The lowest BCUT2D eigenvalue weighted by atomic mass is 10.1. The average Bonchev–Trinajstić information content (AvgIpc) is 2.64. The topological polar surface area (TPSA) is 47.6 Å². The maximum absolute atomic E-state index is 12.5. The van der Waals surface area contributed by atoms with E-state index in [0.29, 0.717) is 23.5 Å². The Morgan fingerprint density at radius 2 is 1.58 bits per heavy atom. The Labute approximate surface area is 149 Å². The van der Waals surface area contributed by atoms with Gasteiger partial charge in [-0.05, 0) is 41.8 Å². The first-order valence-electron chi connectivity index (χ1n) is 7.97. The molecule has 26 heavy (non-hydrogen) atoms. The zero-order valence-electron chi connectivity index (χ0n) is 14.5. The molecule has 0 saturated carbocycles. The van der Waals surface area contributed by atoms with Crippen LogP contribution < -0.4 is 14.8 Å². The summed E-state index contributed by atoms with van der Waals surface area (Å²) in [6.07, 6.45) is -3.59. The molecule has 0 saturated heterocycles. The summed E-state index contributed by atoms with van der Waals surface area (Å²) >= 11 is 0. The number of methoxy groups -OCH3 is 2. The van der Waals surface area contributed by atoms with Gasteiger partial charge in [-0.2, -0.15) is 13.2 Å². The van der Waals surface area contributed by atoms with Crippen LogP contribution in [-0.4, -0.2) is 20.1 Å². The van der Waals surface area contributed by atoms with Gasteiger partial charge in [0, 0.05) is 13.0 Å². The third-order valence-electron chi connectivity index (χ3n) is 3.86. The number of hydrogen-bond acceptors (Lipinski definition) is 3. The van der Waals surface area contributed by atoms with Crippen LogP contribution in [0.3, 0.4) is 0 Å². The van der Waals surface area contributed by atoms with Gasteiger partial charge in [-0.15, -0.1) is 0 Å². The zero-order chi connectivity index (χ0) is 19.2. The Bertz CT molecular complexity index is 743. The normalized spacial score (nSPS) is 11.1. The summed E-state index contributed by atoms with van der Waals surface area (Å²) in [6.45, 7) is 0.183. The highest BCUT2D eigenvalue weighted by Crippen LogP contribution is 2.29. The second kappa shape index (κ2) is 8.60. The number of aryl methyl sites for hydroxylation is 1.